The summed E-state index contributed by atoms with van der Waals surface area (Å²) in [5, 5.41) is 21.6. The fourth-order valence-electron chi connectivity index (χ4n) is 4.07. The zero-order chi connectivity index (χ0) is 22.8. The maximum atomic E-state index is 11.8. The Labute approximate surface area is 192 Å². The van der Waals surface area contributed by atoms with E-state index in [9.17, 15) is 9.90 Å². The van der Waals surface area contributed by atoms with Crippen LogP contribution in [-0.2, 0) is 0 Å². The molecular weight excluding hydrogens is 414 g/mol. The molecule has 0 spiro atoms. The minimum atomic E-state index is -0.977. The summed E-state index contributed by atoms with van der Waals surface area (Å²) in [6.45, 7) is 5.96. The summed E-state index contributed by atoms with van der Waals surface area (Å²) in [7, 11) is 0. The number of aromatic nitrogens is 3. The second kappa shape index (κ2) is 8.88. The smallest absolute Gasteiger partial charge is 0.335 e. The van der Waals surface area contributed by atoms with Crippen molar-refractivity contribution in [3.8, 4) is 28.1 Å². The van der Waals surface area contributed by atoms with Gasteiger partial charge in [-0.3, -0.25) is 0 Å². The Balaban J connectivity index is 1.48. The van der Waals surface area contributed by atoms with E-state index >= 15 is 0 Å². The molecule has 0 aliphatic carbocycles. The number of piperazine rings is 1. The largest absolute Gasteiger partial charge is 0.478 e. The van der Waals surface area contributed by atoms with Crippen LogP contribution in [0.25, 0.3) is 28.1 Å². The molecule has 1 aromatic heterocycles. The number of carboxylic acid groups (broad SMARTS) is 1. The molecule has 166 valence electrons. The molecule has 2 N–H and O–H groups in total. The lowest BCUT2D eigenvalue weighted by atomic mass is 10.0. The van der Waals surface area contributed by atoms with Crippen molar-refractivity contribution in [3.63, 3.8) is 0 Å². The van der Waals surface area contributed by atoms with Crippen LogP contribution < -0.4 is 10.2 Å². The van der Waals surface area contributed by atoms with E-state index in [1.807, 2.05) is 55.6 Å². The minimum Gasteiger partial charge on any atom is -0.478 e. The molecule has 3 aromatic carbocycles. The highest BCUT2D eigenvalue weighted by atomic mass is 16.4. The Bertz CT molecular complexity index is 1270. The van der Waals surface area contributed by atoms with E-state index in [1.54, 1.807) is 16.8 Å². The maximum Gasteiger partial charge on any atom is 0.335 e. The third-order valence-electron chi connectivity index (χ3n) is 5.95. The summed E-state index contributed by atoms with van der Waals surface area (Å²) in [4.78, 5) is 14.2. The van der Waals surface area contributed by atoms with Crippen LogP contribution in [0.15, 0.2) is 72.9 Å². The van der Waals surface area contributed by atoms with E-state index in [0.717, 1.165) is 48.6 Å². The van der Waals surface area contributed by atoms with Gasteiger partial charge in [0.15, 0.2) is 0 Å². The number of carboxylic acids is 1. The maximum absolute atomic E-state index is 11.8. The lowest BCUT2D eigenvalue weighted by Gasteiger charge is -2.29. The first-order valence-corrected chi connectivity index (χ1v) is 11.0. The van der Waals surface area contributed by atoms with E-state index in [1.165, 1.54) is 11.3 Å². The van der Waals surface area contributed by atoms with Gasteiger partial charge in [-0.1, -0.05) is 47.2 Å². The Morgan fingerprint density at radius 2 is 1.58 bits per heavy atom. The minimum absolute atomic E-state index is 0.209. The molecule has 7 heteroatoms. The number of nitrogens with one attached hydrogen (secondary N) is 1. The standard InChI is InChI=1S/C26H25N5O2/c1-18-2-4-20(5-3-18)25-17-31(29-28-25)24-15-21(14-22(16-24)26(32)33)19-6-8-23(9-7-19)30-12-10-27-11-13-30/h2-9,14-17,27H,10-13H2,1H3,(H,32,33). The number of benzene rings is 3. The average molecular weight is 440 g/mol. The van der Waals surface area contributed by atoms with E-state index in [-0.39, 0.29) is 5.56 Å². The van der Waals surface area contributed by atoms with E-state index < -0.39 is 5.97 Å². The van der Waals surface area contributed by atoms with Gasteiger partial charge in [-0.25, -0.2) is 9.48 Å². The van der Waals surface area contributed by atoms with Crippen LogP contribution in [0, 0.1) is 6.92 Å². The molecule has 7 nitrogen and oxygen atoms in total. The molecule has 1 saturated heterocycles. The lowest BCUT2D eigenvalue weighted by molar-refractivity contribution is 0.0697. The molecule has 5 rings (SSSR count). The predicted molar refractivity (Wildman–Crippen MR) is 129 cm³/mol. The van der Waals surface area contributed by atoms with Crippen LogP contribution in [-0.4, -0.2) is 52.2 Å². The number of hydrogen-bond acceptors (Lipinski definition) is 5. The molecule has 33 heavy (non-hydrogen) atoms. The second-order valence-corrected chi connectivity index (χ2v) is 8.27. The summed E-state index contributed by atoms with van der Waals surface area (Å²) < 4.78 is 1.63. The number of aryl methyl sites for hydroxylation is 1. The molecule has 0 atom stereocenters. The zero-order valence-electron chi connectivity index (χ0n) is 18.4. The van der Waals surface area contributed by atoms with Gasteiger partial charge in [-0.15, -0.1) is 5.10 Å². The topological polar surface area (TPSA) is 83.3 Å². The highest BCUT2D eigenvalue weighted by Gasteiger charge is 2.14. The molecule has 0 unspecified atom stereocenters. The van der Waals surface area contributed by atoms with Gasteiger partial charge in [0.05, 0.1) is 17.4 Å². The quantitative estimate of drug-likeness (QED) is 0.489. The van der Waals surface area contributed by atoms with E-state index in [4.69, 9.17) is 0 Å². The molecule has 2 heterocycles. The number of aromatic carboxylic acids is 1. The van der Waals surface area contributed by atoms with Gasteiger partial charge in [-0.2, -0.15) is 0 Å². The second-order valence-electron chi connectivity index (χ2n) is 8.27. The molecule has 0 bridgehead atoms. The van der Waals surface area contributed by atoms with Crippen molar-refractivity contribution in [1.82, 2.24) is 20.3 Å². The van der Waals surface area contributed by atoms with Crippen LogP contribution >= 0.6 is 0 Å². The van der Waals surface area contributed by atoms with Gasteiger partial charge in [0.1, 0.15) is 5.69 Å². The first kappa shape index (κ1) is 20.9. The first-order chi connectivity index (χ1) is 16.1. The van der Waals surface area contributed by atoms with Crippen LogP contribution in [0.4, 0.5) is 5.69 Å². The van der Waals surface area contributed by atoms with Crippen molar-refractivity contribution in [2.75, 3.05) is 31.1 Å². The van der Waals surface area contributed by atoms with E-state index in [2.05, 4.69) is 32.7 Å². The van der Waals surface area contributed by atoms with Crippen molar-refractivity contribution in [2.24, 2.45) is 0 Å². The van der Waals surface area contributed by atoms with Crippen molar-refractivity contribution in [1.29, 1.82) is 0 Å². The van der Waals surface area contributed by atoms with Crippen molar-refractivity contribution in [3.05, 3.63) is 84.1 Å². The third kappa shape index (κ3) is 4.49. The number of nitrogens with zero attached hydrogens (tertiary/aromatic N) is 4. The average Bonchev–Trinajstić information content (AvgIpc) is 3.35. The Morgan fingerprint density at radius 1 is 0.879 bits per heavy atom. The van der Waals surface area contributed by atoms with Crippen LogP contribution in [0.1, 0.15) is 15.9 Å². The van der Waals surface area contributed by atoms with Gasteiger partial charge in [-0.05, 0) is 48.4 Å². The number of rotatable bonds is 5. The molecule has 1 fully saturated rings. The van der Waals surface area contributed by atoms with Gasteiger partial charge in [0.2, 0.25) is 0 Å². The molecule has 1 aliphatic heterocycles. The Kier molecular flexibility index (Phi) is 5.62. The predicted octanol–water partition coefficient (Wildman–Crippen LogP) is 4.02. The monoisotopic (exact) mass is 439 g/mol. The van der Waals surface area contributed by atoms with Crippen LogP contribution in [0.3, 0.4) is 0 Å². The lowest BCUT2D eigenvalue weighted by Crippen LogP contribution is -2.43. The molecular formula is C26H25N5O2. The summed E-state index contributed by atoms with van der Waals surface area (Å²) in [6, 6.07) is 21.6. The summed E-state index contributed by atoms with van der Waals surface area (Å²) in [5.41, 5.74) is 6.69. The molecule has 0 radical (unpaired) electrons. The Morgan fingerprint density at radius 3 is 2.27 bits per heavy atom. The highest BCUT2D eigenvalue weighted by Crippen LogP contribution is 2.27. The highest BCUT2D eigenvalue weighted by molar-refractivity contribution is 5.90. The number of carbonyl (C=O) groups is 1. The number of anilines is 1. The van der Waals surface area contributed by atoms with Crippen molar-refractivity contribution >= 4 is 11.7 Å². The van der Waals surface area contributed by atoms with Crippen molar-refractivity contribution in [2.45, 2.75) is 6.92 Å². The van der Waals surface area contributed by atoms with Crippen LogP contribution in [0.2, 0.25) is 0 Å². The molecule has 4 aromatic rings. The Hall–Kier alpha value is -3.97. The van der Waals surface area contributed by atoms with Gasteiger partial charge >= 0.3 is 5.97 Å². The van der Waals surface area contributed by atoms with Gasteiger partial charge < -0.3 is 15.3 Å². The summed E-state index contributed by atoms with van der Waals surface area (Å²) >= 11 is 0. The first-order valence-electron chi connectivity index (χ1n) is 11.0. The van der Waals surface area contributed by atoms with Gasteiger partial charge in [0, 0.05) is 37.4 Å². The van der Waals surface area contributed by atoms with Crippen LogP contribution in [0.5, 0.6) is 0 Å². The number of hydrogen-bond donors (Lipinski definition) is 2. The molecule has 1 aliphatic rings. The zero-order valence-corrected chi connectivity index (χ0v) is 18.4. The molecule has 0 amide bonds. The normalized spacial score (nSPS) is 13.8. The van der Waals surface area contributed by atoms with Gasteiger partial charge in [0.25, 0.3) is 0 Å². The fraction of sp³-hybridized carbons (Fsp3) is 0.192. The summed E-state index contributed by atoms with van der Waals surface area (Å²) in [5.74, 6) is -0.977. The third-order valence-corrected chi connectivity index (χ3v) is 5.95. The SMILES string of the molecule is Cc1ccc(-c2cn(-c3cc(C(=O)O)cc(-c4ccc(N5CCNCC5)cc4)c3)nn2)cc1. The van der Waals surface area contributed by atoms with E-state index in [0.29, 0.717) is 5.69 Å². The van der Waals surface area contributed by atoms with Crippen molar-refractivity contribution < 1.29 is 9.90 Å². The fourth-order valence-corrected chi connectivity index (χ4v) is 4.07. The summed E-state index contributed by atoms with van der Waals surface area (Å²) in [6.07, 6.45) is 1.82. The molecule has 0 saturated carbocycles.